The van der Waals surface area contributed by atoms with E-state index in [-0.39, 0.29) is 0 Å². The van der Waals surface area contributed by atoms with Gasteiger partial charge in [-0.05, 0) is 80.9 Å². The van der Waals surface area contributed by atoms with Crippen LogP contribution < -0.4 is 0 Å². The summed E-state index contributed by atoms with van der Waals surface area (Å²) in [6, 6.07) is 54.6. The van der Waals surface area contributed by atoms with Gasteiger partial charge in [0.15, 0.2) is 0 Å². The molecule has 4 atom stereocenters. The van der Waals surface area contributed by atoms with Crippen LogP contribution in [0.25, 0.3) is 55.6 Å². The lowest BCUT2D eigenvalue weighted by Gasteiger charge is -2.15. The van der Waals surface area contributed by atoms with Crippen LogP contribution in [0.3, 0.4) is 0 Å². The minimum Gasteiger partial charge on any atom is -0.296 e. The van der Waals surface area contributed by atoms with Crippen LogP contribution in [0.4, 0.5) is 0 Å². The molecule has 6 aromatic rings. The van der Waals surface area contributed by atoms with Gasteiger partial charge in [-0.1, -0.05) is 146 Å². The molecule has 0 N–H and O–H groups in total. The fourth-order valence-corrected chi connectivity index (χ4v) is 6.81. The minimum atomic E-state index is 0.520. The average Bonchev–Trinajstić information content (AvgIpc) is 4.02. The summed E-state index contributed by atoms with van der Waals surface area (Å²) in [5.74, 6) is 0. The van der Waals surface area contributed by atoms with Crippen molar-refractivity contribution in [1.82, 2.24) is 9.80 Å². The van der Waals surface area contributed by atoms with Crippen molar-refractivity contribution in [3.05, 3.63) is 157 Å². The summed E-state index contributed by atoms with van der Waals surface area (Å²) in [6.07, 6.45) is 0. The molecule has 2 nitrogen and oxygen atoms in total. The fourth-order valence-electron chi connectivity index (χ4n) is 6.81. The van der Waals surface area contributed by atoms with Crippen LogP contribution in [0.2, 0.25) is 0 Å². The van der Waals surface area contributed by atoms with Crippen molar-refractivity contribution in [2.45, 2.75) is 12.1 Å². The summed E-state index contributed by atoms with van der Waals surface area (Å²) in [7, 11) is 4.40. The Kier molecular flexibility index (Phi) is 6.75. The van der Waals surface area contributed by atoms with Crippen molar-refractivity contribution in [3.63, 3.8) is 0 Å². The molecule has 2 heteroatoms. The van der Waals surface area contributed by atoms with E-state index in [4.69, 9.17) is 0 Å². The zero-order valence-electron chi connectivity index (χ0n) is 25.3. The second kappa shape index (κ2) is 11.1. The van der Waals surface area contributed by atoms with Crippen molar-refractivity contribution in [2.24, 2.45) is 0 Å². The Balaban J connectivity index is 1.09. The Morgan fingerprint density at radius 2 is 0.614 bits per heavy atom. The molecule has 6 aromatic carbocycles. The maximum absolute atomic E-state index is 2.39. The molecule has 2 aliphatic rings. The highest BCUT2D eigenvalue weighted by Crippen LogP contribution is 2.43. The minimum absolute atomic E-state index is 0.520. The molecule has 2 saturated heterocycles. The zero-order chi connectivity index (χ0) is 29.6. The highest BCUT2D eigenvalue weighted by atomic mass is 15.3. The molecule has 0 spiro atoms. The number of nitrogens with zero attached hydrogens (tertiary/aromatic N) is 2. The van der Waals surface area contributed by atoms with Gasteiger partial charge in [-0.3, -0.25) is 9.80 Å². The molecule has 0 aromatic heterocycles. The molecule has 2 heterocycles. The molecular formula is C42H36N2. The van der Waals surface area contributed by atoms with E-state index in [1.54, 1.807) is 0 Å². The third-order valence-corrected chi connectivity index (χ3v) is 9.52. The molecular weight excluding hydrogens is 532 g/mol. The third kappa shape index (κ3) is 4.97. The Labute approximate surface area is 260 Å². The first-order valence-corrected chi connectivity index (χ1v) is 15.6. The summed E-state index contributed by atoms with van der Waals surface area (Å²) >= 11 is 0. The molecule has 0 radical (unpaired) electrons. The Morgan fingerprint density at radius 3 is 0.955 bits per heavy atom. The van der Waals surface area contributed by atoms with E-state index in [9.17, 15) is 0 Å². The summed E-state index contributed by atoms with van der Waals surface area (Å²) < 4.78 is 0. The second-order valence-electron chi connectivity index (χ2n) is 12.3. The first-order chi connectivity index (χ1) is 21.7. The van der Waals surface area contributed by atoms with Crippen LogP contribution in [-0.4, -0.2) is 37.0 Å². The van der Waals surface area contributed by atoms with Gasteiger partial charge < -0.3 is 0 Å². The van der Waals surface area contributed by atoms with Gasteiger partial charge in [0.1, 0.15) is 0 Å². The van der Waals surface area contributed by atoms with E-state index in [0.717, 1.165) is 13.1 Å². The zero-order valence-corrected chi connectivity index (χ0v) is 25.3. The van der Waals surface area contributed by atoms with Crippen molar-refractivity contribution in [2.75, 3.05) is 27.2 Å². The van der Waals surface area contributed by atoms with Gasteiger partial charge in [-0.15, -0.1) is 0 Å². The average molecular weight is 569 g/mol. The largest absolute Gasteiger partial charge is 0.296 e. The third-order valence-electron chi connectivity index (χ3n) is 9.52. The molecule has 0 amide bonds. The van der Waals surface area contributed by atoms with Gasteiger partial charge in [0.05, 0.1) is 0 Å². The first-order valence-electron chi connectivity index (χ1n) is 15.6. The van der Waals surface area contributed by atoms with Crippen molar-refractivity contribution >= 4 is 0 Å². The predicted octanol–water partition coefficient (Wildman–Crippen LogP) is 9.99. The van der Waals surface area contributed by atoms with Gasteiger partial charge in [-0.2, -0.15) is 0 Å². The van der Waals surface area contributed by atoms with Crippen LogP contribution >= 0.6 is 0 Å². The molecule has 0 saturated carbocycles. The quantitative estimate of drug-likeness (QED) is 0.177. The molecule has 8 rings (SSSR count). The second-order valence-corrected chi connectivity index (χ2v) is 12.3. The van der Waals surface area contributed by atoms with Gasteiger partial charge in [0.2, 0.25) is 0 Å². The Hall–Kier alpha value is -4.76. The van der Waals surface area contributed by atoms with E-state index in [1.807, 2.05) is 0 Å². The van der Waals surface area contributed by atoms with E-state index >= 15 is 0 Å². The lowest BCUT2D eigenvalue weighted by Crippen LogP contribution is -1.94. The summed E-state index contributed by atoms with van der Waals surface area (Å²) in [6.45, 7) is 2.26. The Morgan fingerprint density at radius 1 is 0.341 bits per heavy atom. The molecule has 214 valence electrons. The number of hydrogen-bond acceptors (Lipinski definition) is 2. The molecule has 2 aliphatic heterocycles. The maximum Gasteiger partial charge on any atom is 0.0479 e. The molecule has 4 unspecified atom stereocenters. The summed E-state index contributed by atoms with van der Waals surface area (Å²) in [5.41, 5.74) is 15.6. The smallest absolute Gasteiger partial charge is 0.0479 e. The predicted molar refractivity (Wildman–Crippen MR) is 184 cm³/mol. The highest BCUT2D eigenvalue weighted by molar-refractivity contribution is 5.87. The van der Waals surface area contributed by atoms with Gasteiger partial charge in [-0.25, -0.2) is 0 Å². The normalized spacial score (nSPS) is 20.3. The first kappa shape index (κ1) is 26.8. The van der Waals surface area contributed by atoms with Crippen LogP contribution in [0.15, 0.2) is 146 Å². The lowest BCUT2D eigenvalue weighted by molar-refractivity contribution is 0.632. The highest BCUT2D eigenvalue weighted by Gasteiger charge is 2.34. The lowest BCUT2D eigenvalue weighted by atomic mass is 9.89. The van der Waals surface area contributed by atoms with Gasteiger partial charge in [0.25, 0.3) is 0 Å². The number of rotatable bonds is 7. The number of hydrogen-bond donors (Lipinski definition) is 0. The fraction of sp³-hybridized carbons (Fsp3) is 0.143. The van der Waals surface area contributed by atoms with Crippen LogP contribution in [-0.2, 0) is 0 Å². The van der Waals surface area contributed by atoms with E-state index in [1.165, 1.54) is 66.8 Å². The molecule has 0 aliphatic carbocycles. The van der Waals surface area contributed by atoms with Crippen LogP contribution in [0.1, 0.15) is 23.2 Å². The SMILES string of the molecule is CN1CC1c1ccccc1-c1ccccc1-c1ccc(-c2ccc(-c3ccccc3-c3ccccc3C3CN3C)cc2)cc1. The maximum atomic E-state index is 2.39. The van der Waals surface area contributed by atoms with Gasteiger partial charge in [0, 0.05) is 25.2 Å². The molecule has 2 fully saturated rings. The molecule has 0 bridgehead atoms. The van der Waals surface area contributed by atoms with Crippen molar-refractivity contribution < 1.29 is 0 Å². The summed E-state index contributed by atoms with van der Waals surface area (Å²) in [4.78, 5) is 4.79. The van der Waals surface area contributed by atoms with Crippen molar-refractivity contribution in [3.8, 4) is 55.6 Å². The monoisotopic (exact) mass is 568 g/mol. The standard InChI is InChI=1S/C42H36N2/c1-43-27-41(43)39-17-9-7-15-37(39)35-13-5-3-11-33(35)31-23-19-29(20-24-31)30-21-25-32(26-22-30)34-12-4-6-14-36(34)38-16-8-10-18-40(38)42-28-44(42)2/h3-26,41-42H,27-28H2,1-2H3. The summed E-state index contributed by atoms with van der Waals surface area (Å²) in [5, 5.41) is 0. The van der Waals surface area contributed by atoms with Crippen molar-refractivity contribution in [1.29, 1.82) is 0 Å². The van der Waals surface area contributed by atoms with Gasteiger partial charge >= 0.3 is 0 Å². The Bertz CT molecular complexity index is 1810. The van der Waals surface area contributed by atoms with Crippen LogP contribution in [0, 0.1) is 0 Å². The molecule has 44 heavy (non-hydrogen) atoms. The van der Waals surface area contributed by atoms with E-state index < -0.39 is 0 Å². The number of likely N-dealkylation sites (N-methyl/N-ethyl adjacent to an activating group) is 2. The van der Waals surface area contributed by atoms with Crippen LogP contribution in [0.5, 0.6) is 0 Å². The topological polar surface area (TPSA) is 6.02 Å². The van der Waals surface area contributed by atoms with E-state index in [0.29, 0.717) is 12.1 Å². The van der Waals surface area contributed by atoms with E-state index in [2.05, 4.69) is 169 Å². The number of benzene rings is 6.